The number of ether oxygens (including phenoxy) is 1. The van der Waals surface area contributed by atoms with Crippen LogP contribution in [0.4, 0.5) is 0 Å². The van der Waals surface area contributed by atoms with Crippen LogP contribution in [0.2, 0.25) is 0 Å². The molecule has 0 fully saturated rings. The van der Waals surface area contributed by atoms with Gasteiger partial charge in [0, 0.05) is 4.70 Å². The lowest BCUT2D eigenvalue weighted by atomic mass is 10.2. The molecule has 3 heteroatoms. The summed E-state index contributed by atoms with van der Waals surface area (Å²) in [7, 11) is 0. The first-order valence-electron chi connectivity index (χ1n) is 4.11. The second-order valence-corrected chi connectivity index (χ2v) is 5.66. The van der Waals surface area contributed by atoms with Gasteiger partial charge >= 0.3 is 0 Å². The highest BCUT2D eigenvalue weighted by atomic mass is 127. The van der Waals surface area contributed by atoms with Crippen molar-refractivity contribution in [2.24, 2.45) is 0 Å². The van der Waals surface area contributed by atoms with E-state index in [9.17, 15) is 0 Å². The summed E-state index contributed by atoms with van der Waals surface area (Å²) in [6.45, 7) is 2.73. The van der Waals surface area contributed by atoms with Gasteiger partial charge in [-0.05, 0) is 59.2 Å². The Morgan fingerprint density at radius 2 is 2.23 bits per heavy atom. The van der Waals surface area contributed by atoms with Crippen molar-refractivity contribution >= 4 is 44.0 Å². The Kier molecular flexibility index (Phi) is 2.74. The van der Waals surface area contributed by atoms with Crippen LogP contribution in [0, 0.1) is 2.88 Å². The number of hydrogen-bond acceptors (Lipinski definition) is 2. The van der Waals surface area contributed by atoms with Crippen LogP contribution in [0.1, 0.15) is 6.92 Å². The van der Waals surface area contributed by atoms with Crippen molar-refractivity contribution in [3.05, 3.63) is 27.1 Å². The van der Waals surface area contributed by atoms with Crippen LogP contribution in [0.5, 0.6) is 5.75 Å². The van der Waals surface area contributed by atoms with Crippen molar-refractivity contribution in [3.8, 4) is 5.75 Å². The van der Waals surface area contributed by atoms with E-state index in [1.54, 1.807) is 11.3 Å². The number of fused-ring (bicyclic) bond motifs is 1. The molecule has 0 spiro atoms. The van der Waals surface area contributed by atoms with Crippen molar-refractivity contribution in [1.82, 2.24) is 0 Å². The molecule has 0 N–H and O–H groups in total. The molecule has 68 valence electrons. The summed E-state index contributed by atoms with van der Waals surface area (Å²) in [5.41, 5.74) is 0. The summed E-state index contributed by atoms with van der Waals surface area (Å²) in [5.74, 6) is 0.966. The highest BCUT2D eigenvalue weighted by Crippen LogP contribution is 2.29. The molecule has 1 nitrogen and oxygen atoms in total. The first kappa shape index (κ1) is 9.27. The SMILES string of the molecule is CCOc1ccc2cc(I)sc2c1. The third-order valence-electron chi connectivity index (χ3n) is 1.77. The monoisotopic (exact) mass is 304 g/mol. The molecule has 0 saturated heterocycles. The second-order valence-electron chi connectivity index (χ2n) is 2.68. The third kappa shape index (κ3) is 1.96. The molecular formula is C10H9IOS. The van der Waals surface area contributed by atoms with Gasteiger partial charge in [-0.3, -0.25) is 0 Å². The number of benzene rings is 1. The van der Waals surface area contributed by atoms with Gasteiger partial charge in [-0.2, -0.15) is 0 Å². The summed E-state index contributed by atoms with van der Waals surface area (Å²) in [4.78, 5) is 0. The molecule has 1 heterocycles. The molecule has 0 aliphatic rings. The Hall–Kier alpha value is -0.290. The highest BCUT2D eigenvalue weighted by Gasteiger charge is 2.00. The minimum atomic E-state index is 0.730. The fourth-order valence-electron chi connectivity index (χ4n) is 1.24. The van der Waals surface area contributed by atoms with E-state index in [2.05, 4.69) is 40.8 Å². The normalized spacial score (nSPS) is 10.6. The lowest BCUT2D eigenvalue weighted by Crippen LogP contribution is -1.89. The molecule has 0 amide bonds. The lowest BCUT2D eigenvalue weighted by molar-refractivity contribution is 0.341. The minimum Gasteiger partial charge on any atom is -0.494 e. The summed E-state index contributed by atoms with van der Waals surface area (Å²) >= 11 is 4.14. The maximum Gasteiger partial charge on any atom is 0.120 e. The molecule has 0 aliphatic heterocycles. The topological polar surface area (TPSA) is 9.23 Å². The Labute approximate surface area is 94.9 Å². The molecule has 0 aliphatic carbocycles. The van der Waals surface area contributed by atoms with E-state index in [0.717, 1.165) is 12.4 Å². The smallest absolute Gasteiger partial charge is 0.120 e. The molecule has 2 aromatic rings. The average Bonchev–Trinajstić information content (AvgIpc) is 2.44. The molecule has 2 rings (SSSR count). The van der Waals surface area contributed by atoms with Crippen molar-refractivity contribution < 1.29 is 4.74 Å². The highest BCUT2D eigenvalue weighted by molar-refractivity contribution is 14.1. The summed E-state index contributed by atoms with van der Waals surface area (Å²) in [6.07, 6.45) is 0. The lowest BCUT2D eigenvalue weighted by Gasteiger charge is -2.01. The molecule has 1 aromatic heterocycles. The fraction of sp³-hybridized carbons (Fsp3) is 0.200. The van der Waals surface area contributed by atoms with Gasteiger partial charge < -0.3 is 4.74 Å². The third-order valence-corrected chi connectivity index (χ3v) is 3.63. The maximum atomic E-state index is 5.43. The predicted molar refractivity (Wildman–Crippen MR) is 65.7 cm³/mol. The number of thiophene rings is 1. The Balaban J connectivity index is 2.48. The Morgan fingerprint density at radius 1 is 1.38 bits per heavy atom. The zero-order valence-corrected chi connectivity index (χ0v) is 10.2. The van der Waals surface area contributed by atoms with Crippen molar-refractivity contribution in [2.75, 3.05) is 6.61 Å². The summed E-state index contributed by atoms with van der Waals surface area (Å²) < 4.78 is 8.05. The largest absolute Gasteiger partial charge is 0.494 e. The van der Waals surface area contributed by atoms with Crippen LogP contribution in [-0.4, -0.2) is 6.61 Å². The molecule has 0 atom stereocenters. The fourth-order valence-corrected chi connectivity index (χ4v) is 3.10. The van der Waals surface area contributed by atoms with Gasteiger partial charge in [0.2, 0.25) is 0 Å². The summed E-state index contributed by atoms with van der Waals surface area (Å²) in [5, 5.41) is 1.30. The van der Waals surface area contributed by atoms with E-state index in [0.29, 0.717) is 0 Å². The van der Waals surface area contributed by atoms with Gasteiger partial charge in [0.05, 0.1) is 9.49 Å². The zero-order valence-electron chi connectivity index (χ0n) is 7.21. The quantitative estimate of drug-likeness (QED) is 0.765. The predicted octanol–water partition coefficient (Wildman–Crippen LogP) is 3.90. The van der Waals surface area contributed by atoms with Gasteiger partial charge in [-0.15, -0.1) is 11.3 Å². The van der Waals surface area contributed by atoms with Crippen LogP contribution >= 0.6 is 33.9 Å². The van der Waals surface area contributed by atoms with E-state index in [1.165, 1.54) is 13.0 Å². The van der Waals surface area contributed by atoms with E-state index >= 15 is 0 Å². The van der Waals surface area contributed by atoms with Gasteiger partial charge in [-0.25, -0.2) is 0 Å². The molecule has 0 bridgehead atoms. The average molecular weight is 304 g/mol. The van der Waals surface area contributed by atoms with E-state index in [4.69, 9.17) is 4.74 Å². The van der Waals surface area contributed by atoms with Gasteiger partial charge in [0.15, 0.2) is 0 Å². The standard InChI is InChI=1S/C10H9IOS/c1-2-12-8-4-3-7-5-10(11)13-9(7)6-8/h3-6H,2H2,1H3. The van der Waals surface area contributed by atoms with Crippen molar-refractivity contribution in [2.45, 2.75) is 6.92 Å². The first-order valence-corrected chi connectivity index (χ1v) is 6.01. The van der Waals surface area contributed by atoms with Gasteiger partial charge in [-0.1, -0.05) is 0 Å². The molecular weight excluding hydrogens is 295 g/mol. The van der Waals surface area contributed by atoms with Gasteiger partial charge in [0.1, 0.15) is 5.75 Å². The maximum absolute atomic E-state index is 5.43. The van der Waals surface area contributed by atoms with Crippen molar-refractivity contribution in [3.63, 3.8) is 0 Å². The van der Waals surface area contributed by atoms with Crippen LogP contribution in [-0.2, 0) is 0 Å². The number of rotatable bonds is 2. The van der Waals surface area contributed by atoms with Crippen LogP contribution in [0.3, 0.4) is 0 Å². The van der Waals surface area contributed by atoms with E-state index in [1.807, 2.05) is 13.0 Å². The zero-order chi connectivity index (χ0) is 9.26. The minimum absolute atomic E-state index is 0.730. The molecule has 1 aromatic carbocycles. The Bertz CT molecular complexity index is 422. The summed E-state index contributed by atoms with van der Waals surface area (Å²) in [6, 6.07) is 8.43. The second kappa shape index (κ2) is 3.84. The van der Waals surface area contributed by atoms with Gasteiger partial charge in [0.25, 0.3) is 0 Å². The first-order chi connectivity index (χ1) is 6.29. The van der Waals surface area contributed by atoms with E-state index < -0.39 is 0 Å². The number of hydrogen-bond donors (Lipinski definition) is 0. The molecule has 0 radical (unpaired) electrons. The van der Waals surface area contributed by atoms with Crippen LogP contribution in [0.15, 0.2) is 24.3 Å². The van der Waals surface area contributed by atoms with E-state index in [-0.39, 0.29) is 0 Å². The van der Waals surface area contributed by atoms with Crippen LogP contribution in [0.25, 0.3) is 10.1 Å². The molecule has 13 heavy (non-hydrogen) atoms. The number of halogens is 1. The van der Waals surface area contributed by atoms with Crippen LogP contribution < -0.4 is 4.74 Å². The molecule has 0 saturated carbocycles. The molecule has 0 unspecified atom stereocenters. The van der Waals surface area contributed by atoms with Crippen molar-refractivity contribution in [1.29, 1.82) is 0 Å². The Morgan fingerprint density at radius 3 is 3.00 bits per heavy atom.